The SMILES string of the molecule is O=C(O)c1ccc(-c2ccc(-n3c(=O)n([C@H]4CCN(Cc5cc(C(=O)O)ccn5)C4)c4cnccc43)cn2)cc1. The number of hydrogen-bond donors (Lipinski definition) is 2. The molecule has 1 aromatic carbocycles. The van der Waals surface area contributed by atoms with E-state index in [1.807, 2.05) is 6.07 Å². The second-order valence-electron chi connectivity index (χ2n) is 9.66. The molecule has 0 spiro atoms. The highest BCUT2D eigenvalue weighted by molar-refractivity contribution is 5.88. The van der Waals surface area contributed by atoms with Crippen LogP contribution in [0.1, 0.15) is 38.9 Å². The molecule has 5 aromatic rings. The van der Waals surface area contributed by atoms with E-state index >= 15 is 0 Å². The quantitative estimate of drug-likeness (QED) is 0.319. The Balaban J connectivity index is 1.28. The molecule has 0 saturated carbocycles. The zero-order chi connectivity index (χ0) is 27.8. The van der Waals surface area contributed by atoms with Crippen molar-refractivity contribution in [2.24, 2.45) is 0 Å². The van der Waals surface area contributed by atoms with Crippen molar-refractivity contribution in [3.63, 3.8) is 0 Å². The Morgan fingerprint density at radius 2 is 1.68 bits per heavy atom. The van der Waals surface area contributed by atoms with Crippen molar-refractivity contribution >= 4 is 23.0 Å². The maximum absolute atomic E-state index is 13.8. The van der Waals surface area contributed by atoms with Crippen LogP contribution in [-0.2, 0) is 6.54 Å². The zero-order valence-corrected chi connectivity index (χ0v) is 21.2. The molecule has 200 valence electrons. The van der Waals surface area contributed by atoms with Gasteiger partial charge in [-0.15, -0.1) is 0 Å². The number of likely N-dealkylation sites (tertiary alicyclic amines) is 1. The molecule has 0 aliphatic carbocycles. The third-order valence-electron chi connectivity index (χ3n) is 7.17. The van der Waals surface area contributed by atoms with Crippen LogP contribution in [-0.4, -0.2) is 64.2 Å². The summed E-state index contributed by atoms with van der Waals surface area (Å²) in [6.45, 7) is 1.83. The number of fused-ring (bicyclic) bond motifs is 1. The van der Waals surface area contributed by atoms with Crippen molar-refractivity contribution in [1.82, 2.24) is 29.0 Å². The normalized spacial score (nSPS) is 15.4. The molecule has 6 rings (SSSR count). The summed E-state index contributed by atoms with van der Waals surface area (Å²) in [4.78, 5) is 51.6. The molecule has 1 fully saturated rings. The maximum atomic E-state index is 13.8. The molecule has 11 nitrogen and oxygen atoms in total. The van der Waals surface area contributed by atoms with Crippen LogP contribution in [0.2, 0.25) is 0 Å². The minimum absolute atomic E-state index is 0.0944. The Labute approximate surface area is 227 Å². The summed E-state index contributed by atoms with van der Waals surface area (Å²) in [5, 5.41) is 18.4. The molecule has 1 atom stereocenters. The molecule has 1 aliphatic rings. The molecular formula is C29H24N6O5. The van der Waals surface area contributed by atoms with Gasteiger partial charge >= 0.3 is 17.6 Å². The fraction of sp³-hybridized carbons (Fsp3) is 0.172. The molecule has 0 bridgehead atoms. The number of hydrogen-bond acceptors (Lipinski definition) is 7. The van der Waals surface area contributed by atoms with Crippen LogP contribution in [0, 0.1) is 0 Å². The lowest BCUT2D eigenvalue weighted by Gasteiger charge is -2.16. The first-order valence-electron chi connectivity index (χ1n) is 12.7. The van der Waals surface area contributed by atoms with E-state index in [1.165, 1.54) is 24.4 Å². The number of carboxylic acids is 2. The molecule has 2 N–H and O–H groups in total. The van der Waals surface area contributed by atoms with Gasteiger partial charge in [0.05, 0.1) is 57.7 Å². The van der Waals surface area contributed by atoms with Crippen molar-refractivity contribution in [2.75, 3.05) is 13.1 Å². The van der Waals surface area contributed by atoms with Crippen LogP contribution in [0.25, 0.3) is 28.0 Å². The average Bonchev–Trinajstić information content (AvgIpc) is 3.54. The van der Waals surface area contributed by atoms with Crippen LogP contribution >= 0.6 is 0 Å². The summed E-state index contributed by atoms with van der Waals surface area (Å²) in [6, 6.07) is 14.8. The number of nitrogens with zero attached hydrogens (tertiary/aromatic N) is 6. The van der Waals surface area contributed by atoms with E-state index in [9.17, 15) is 19.5 Å². The Morgan fingerprint density at radius 1 is 0.875 bits per heavy atom. The molecule has 0 radical (unpaired) electrons. The first-order chi connectivity index (χ1) is 19.4. The number of aromatic carboxylic acids is 2. The van der Waals surface area contributed by atoms with E-state index in [4.69, 9.17) is 5.11 Å². The van der Waals surface area contributed by atoms with Crippen LogP contribution in [0.3, 0.4) is 0 Å². The first-order valence-corrected chi connectivity index (χ1v) is 12.7. The third-order valence-corrected chi connectivity index (χ3v) is 7.17. The molecular weight excluding hydrogens is 512 g/mol. The lowest BCUT2D eigenvalue weighted by atomic mass is 10.1. The molecule has 40 heavy (non-hydrogen) atoms. The third kappa shape index (κ3) is 4.63. The molecule has 1 saturated heterocycles. The molecule has 0 amide bonds. The minimum atomic E-state index is -0.992. The highest BCUT2D eigenvalue weighted by atomic mass is 16.4. The van der Waals surface area contributed by atoms with E-state index in [0.29, 0.717) is 30.2 Å². The zero-order valence-electron chi connectivity index (χ0n) is 21.2. The summed E-state index contributed by atoms with van der Waals surface area (Å²) in [6.07, 6.45) is 7.22. The van der Waals surface area contributed by atoms with Gasteiger partial charge in [-0.1, -0.05) is 12.1 Å². The predicted octanol–water partition coefficient (Wildman–Crippen LogP) is 3.49. The van der Waals surface area contributed by atoms with Gasteiger partial charge in [0.1, 0.15) is 0 Å². The van der Waals surface area contributed by atoms with E-state index in [2.05, 4.69) is 19.9 Å². The second kappa shape index (κ2) is 10.2. The number of rotatable bonds is 7. The van der Waals surface area contributed by atoms with Crippen LogP contribution in [0.15, 0.2) is 84.2 Å². The van der Waals surface area contributed by atoms with Gasteiger partial charge in [-0.3, -0.25) is 29.0 Å². The number of aromatic nitrogens is 5. The van der Waals surface area contributed by atoms with Crippen molar-refractivity contribution < 1.29 is 19.8 Å². The van der Waals surface area contributed by atoms with Gasteiger partial charge in [-0.25, -0.2) is 14.4 Å². The van der Waals surface area contributed by atoms with E-state index in [0.717, 1.165) is 29.6 Å². The fourth-order valence-corrected chi connectivity index (χ4v) is 5.24. The van der Waals surface area contributed by atoms with Gasteiger partial charge in [0, 0.05) is 37.6 Å². The Kier molecular flexibility index (Phi) is 6.40. The van der Waals surface area contributed by atoms with Gasteiger partial charge in [0.25, 0.3) is 0 Å². The second-order valence-corrected chi connectivity index (χ2v) is 9.66. The predicted molar refractivity (Wildman–Crippen MR) is 146 cm³/mol. The van der Waals surface area contributed by atoms with E-state index < -0.39 is 11.9 Å². The van der Waals surface area contributed by atoms with Crippen LogP contribution in [0.4, 0.5) is 0 Å². The van der Waals surface area contributed by atoms with Crippen molar-refractivity contribution in [2.45, 2.75) is 19.0 Å². The van der Waals surface area contributed by atoms with Crippen molar-refractivity contribution in [3.05, 3.63) is 107 Å². The summed E-state index contributed by atoms with van der Waals surface area (Å²) in [7, 11) is 0. The van der Waals surface area contributed by atoms with Gasteiger partial charge in [-0.05, 0) is 48.9 Å². The standard InChI is InChI=1S/C29H24N6O5/c36-27(37)19-3-1-18(2-4-19)24-6-5-22(14-32-24)34-25-8-10-30-15-26(25)35(29(34)40)23-9-12-33(17-23)16-21-13-20(28(38)39)7-11-31-21/h1-8,10-11,13-15,23H,9,12,16-17H2,(H,36,37)(H,38,39)/t23-/m0/s1. The summed E-state index contributed by atoms with van der Waals surface area (Å²) < 4.78 is 3.41. The smallest absolute Gasteiger partial charge is 0.335 e. The maximum Gasteiger partial charge on any atom is 0.335 e. The van der Waals surface area contributed by atoms with Gasteiger partial charge in [0.15, 0.2) is 0 Å². The highest BCUT2D eigenvalue weighted by Crippen LogP contribution is 2.27. The van der Waals surface area contributed by atoms with Crippen LogP contribution < -0.4 is 5.69 Å². The average molecular weight is 537 g/mol. The largest absolute Gasteiger partial charge is 0.478 e. The monoisotopic (exact) mass is 536 g/mol. The number of imidazole rings is 1. The van der Waals surface area contributed by atoms with Gasteiger partial charge in [-0.2, -0.15) is 0 Å². The number of carbonyl (C=O) groups is 2. The first kappa shape index (κ1) is 25.1. The summed E-state index contributed by atoms with van der Waals surface area (Å²) in [5.41, 5.74) is 4.34. The van der Waals surface area contributed by atoms with Gasteiger partial charge < -0.3 is 10.2 Å². The highest BCUT2D eigenvalue weighted by Gasteiger charge is 2.29. The number of carboxylic acid groups (broad SMARTS) is 2. The Hall–Kier alpha value is -5.16. The molecule has 1 aliphatic heterocycles. The van der Waals surface area contributed by atoms with Crippen molar-refractivity contribution in [1.29, 1.82) is 0 Å². The van der Waals surface area contributed by atoms with E-state index in [1.54, 1.807) is 58.1 Å². The fourth-order valence-electron chi connectivity index (χ4n) is 5.24. The molecule has 11 heteroatoms. The van der Waals surface area contributed by atoms with E-state index in [-0.39, 0.29) is 22.9 Å². The number of pyridine rings is 3. The molecule has 5 heterocycles. The Bertz CT molecular complexity index is 1790. The number of benzene rings is 1. The molecule has 4 aromatic heterocycles. The topological polar surface area (TPSA) is 143 Å². The summed E-state index contributed by atoms with van der Waals surface area (Å²) >= 11 is 0. The van der Waals surface area contributed by atoms with Crippen LogP contribution in [0.5, 0.6) is 0 Å². The van der Waals surface area contributed by atoms with Gasteiger partial charge in [0.2, 0.25) is 0 Å². The van der Waals surface area contributed by atoms with Crippen molar-refractivity contribution in [3.8, 4) is 16.9 Å². The summed E-state index contributed by atoms with van der Waals surface area (Å²) in [5.74, 6) is -1.98. The molecule has 0 unspecified atom stereocenters. The lowest BCUT2D eigenvalue weighted by Crippen LogP contribution is -2.29. The lowest BCUT2D eigenvalue weighted by molar-refractivity contribution is 0.0686. The minimum Gasteiger partial charge on any atom is -0.478 e. The Morgan fingerprint density at radius 3 is 2.40 bits per heavy atom.